The highest BCUT2D eigenvalue weighted by Gasteiger charge is 2.22. The fourth-order valence-corrected chi connectivity index (χ4v) is 2.64. The first-order valence-corrected chi connectivity index (χ1v) is 12.4. The molecule has 0 aromatic heterocycles. The zero-order chi connectivity index (χ0) is 26.9. The molecule has 36 heavy (non-hydrogen) atoms. The van der Waals surface area contributed by atoms with Crippen molar-refractivity contribution in [1.82, 2.24) is 16.0 Å². The second kappa shape index (κ2) is 24.8. The van der Waals surface area contributed by atoms with Gasteiger partial charge in [0, 0.05) is 20.0 Å². The molecule has 0 saturated heterocycles. The summed E-state index contributed by atoms with van der Waals surface area (Å²) in [5.74, 6) is -0.642. The van der Waals surface area contributed by atoms with Gasteiger partial charge in [-0.3, -0.25) is 14.4 Å². The van der Waals surface area contributed by atoms with E-state index in [1.165, 1.54) is 0 Å². The maximum Gasteiger partial charge on any atom is 0.242 e. The third kappa shape index (κ3) is 21.4. The first-order valence-electron chi connectivity index (χ1n) is 12.4. The standard InChI is InChI=1S/C23H46N4O9/c1-19(2)22(23(30)25-3)27-20(28)4-6-31-8-10-33-12-14-35-16-17-36-15-13-34-11-9-32-7-5-26-21(29)18-24/h19,22H,4-18,24H2,1-3H3,(H,25,30)(H,26,29)(H,27,28)/t22-/m0/s1. The number of carbonyl (C=O) groups excluding carboxylic acids is 3. The molecule has 0 aromatic carbocycles. The summed E-state index contributed by atoms with van der Waals surface area (Å²) < 4.78 is 32.3. The molecular formula is C23H46N4O9. The van der Waals surface area contributed by atoms with Gasteiger partial charge < -0.3 is 50.1 Å². The lowest BCUT2D eigenvalue weighted by molar-refractivity contribution is -0.130. The SMILES string of the molecule is CNC(=O)[C@@H](NC(=O)CCOCCOCCOCCOCCOCCOCCNC(=O)CN)C(C)C. The predicted octanol–water partition coefficient (Wildman–Crippen LogP) is -1.56. The molecule has 0 aliphatic rings. The molecule has 3 amide bonds. The van der Waals surface area contributed by atoms with Crippen LogP contribution in [0.15, 0.2) is 0 Å². The summed E-state index contributed by atoms with van der Waals surface area (Å²) in [5, 5.41) is 7.87. The lowest BCUT2D eigenvalue weighted by Gasteiger charge is -2.20. The molecule has 0 bridgehead atoms. The van der Waals surface area contributed by atoms with Crippen molar-refractivity contribution in [3.63, 3.8) is 0 Å². The molecule has 0 unspecified atom stereocenters. The Labute approximate surface area is 214 Å². The van der Waals surface area contributed by atoms with E-state index < -0.39 is 6.04 Å². The smallest absolute Gasteiger partial charge is 0.242 e. The highest BCUT2D eigenvalue weighted by molar-refractivity contribution is 5.87. The van der Waals surface area contributed by atoms with Gasteiger partial charge in [0.05, 0.1) is 85.8 Å². The molecule has 0 aromatic rings. The lowest BCUT2D eigenvalue weighted by Crippen LogP contribution is -2.48. The third-order valence-corrected chi connectivity index (χ3v) is 4.60. The van der Waals surface area contributed by atoms with Crippen LogP contribution in [0.4, 0.5) is 0 Å². The number of hydrogen-bond donors (Lipinski definition) is 4. The minimum atomic E-state index is -0.551. The normalized spacial score (nSPS) is 11.9. The molecule has 0 fully saturated rings. The fraction of sp³-hybridized carbons (Fsp3) is 0.870. The topological polar surface area (TPSA) is 169 Å². The van der Waals surface area contributed by atoms with Gasteiger partial charge in [0.15, 0.2) is 0 Å². The Kier molecular flexibility index (Phi) is 23.5. The third-order valence-electron chi connectivity index (χ3n) is 4.60. The van der Waals surface area contributed by atoms with Gasteiger partial charge in [0.1, 0.15) is 6.04 Å². The van der Waals surface area contributed by atoms with Crippen LogP contribution in [0.3, 0.4) is 0 Å². The van der Waals surface area contributed by atoms with Gasteiger partial charge in [0.2, 0.25) is 17.7 Å². The largest absolute Gasteiger partial charge is 0.379 e. The molecule has 13 heteroatoms. The van der Waals surface area contributed by atoms with E-state index in [0.717, 1.165) is 0 Å². The van der Waals surface area contributed by atoms with Crippen LogP contribution < -0.4 is 21.7 Å². The van der Waals surface area contributed by atoms with Crippen molar-refractivity contribution >= 4 is 17.7 Å². The number of nitrogens with two attached hydrogens (primary N) is 1. The summed E-state index contributed by atoms with van der Waals surface area (Å²) in [4.78, 5) is 34.6. The van der Waals surface area contributed by atoms with Crippen molar-refractivity contribution < 1.29 is 42.8 Å². The first kappa shape index (κ1) is 34.1. The maximum atomic E-state index is 11.9. The number of rotatable bonds is 25. The van der Waals surface area contributed by atoms with Crippen LogP contribution in [-0.4, -0.2) is 123 Å². The molecule has 13 nitrogen and oxygen atoms in total. The molecule has 0 rings (SSSR count). The van der Waals surface area contributed by atoms with Crippen molar-refractivity contribution in [3.05, 3.63) is 0 Å². The Morgan fingerprint density at radius 2 is 1.08 bits per heavy atom. The number of carbonyl (C=O) groups is 3. The van der Waals surface area contributed by atoms with Crippen molar-refractivity contribution in [3.8, 4) is 0 Å². The van der Waals surface area contributed by atoms with E-state index in [1.807, 2.05) is 13.8 Å². The number of likely N-dealkylation sites (N-methyl/N-ethyl adjacent to an activating group) is 1. The van der Waals surface area contributed by atoms with Gasteiger partial charge in [-0.2, -0.15) is 0 Å². The van der Waals surface area contributed by atoms with Crippen LogP contribution in [0.1, 0.15) is 20.3 Å². The van der Waals surface area contributed by atoms with Crippen molar-refractivity contribution in [2.24, 2.45) is 11.7 Å². The summed E-state index contributed by atoms with van der Waals surface area (Å²) in [6.07, 6.45) is 0.179. The minimum Gasteiger partial charge on any atom is -0.379 e. The quantitative estimate of drug-likeness (QED) is 0.103. The summed E-state index contributed by atoms with van der Waals surface area (Å²) >= 11 is 0. The Balaban J connectivity index is 3.31. The average molecular weight is 523 g/mol. The van der Waals surface area contributed by atoms with E-state index in [2.05, 4.69) is 16.0 Å². The van der Waals surface area contributed by atoms with Gasteiger partial charge in [-0.05, 0) is 5.92 Å². The van der Waals surface area contributed by atoms with E-state index in [9.17, 15) is 14.4 Å². The fourth-order valence-electron chi connectivity index (χ4n) is 2.64. The molecule has 212 valence electrons. The van der Waals surface area contributed by atoms with Crippen LogP contribution in [0.2, 0.25) is 0 Å². The number of amides is 3. The van der Waals surface area contributed by atoms with Crippen molar-refractivity contribution in [1.29, 1.82) is 0 Å². The van der Waals surface area contributed by atoms with Crippen molar-refractivity contribution in [2.75, 3.05) is 99.4 Å². The number of ether oxygens (including phenoxy) is 6. The minimum absolute atomic E-state index is 0.00190. The van der Waals surface area contributed by atoms with Gasteiger partial charge in [-0.25, -0.2) is 0 Å². The highest BCUT2D eigenvalue weighted by Crippen LogP contribution is 2.02. The molecule has 0 spiro atoms. The molecule has 0 aliphatic heterocycles. The van der Waals surface area contributed by atoms with Gasteiger partial charge in [-0.15, -0.1) is 0 Å². The Bertz CT molecular complexity index is 568. The van der Waals surface area contributed by atoms with Crippen LogP contribution in [0.25, 0.3) is 0 Å². The molecule has 0 radical (unpaired) electrons. The number of hydrogen-bond acceptors (Lipinski definition) is 10. The van der Waals surface area contributed by atoms with Crippen LogP contribution >= 0.6 is 0 Å². The van der Waals surface area contributed by atoms with Crippen LogP contribution in [0, 0.1) is 5.92 Å². The number of nitrogens with one attached hydrogen (secondary N) is 3. The molecule has 5 N–H and O–H groups in total. The van der Waals surface area contributed by atoms with Gasteiger partial charge >= 0.3 is 0 Å². The second-order valence-electron chi connectivity index (χ2n) is 7.88. The van der Waals surface area contributed by atoms with E-state index in [1.54, 1.807) is 7.05 Å². The van der Waals surface area contributed by atoms with E-state index in [4.69, 9.17) is 34.2 Å². The zero-order valence-electron chi connectivity index (χ0n) is 22.0. The summed E-state index contributed by atoms with van der Waals surface area (Å²) in [6.45, 7) is 9.22. The average Bonchev–Trinajstić information content (AvgIpc) is 2.87. The van der Waals surface area contributed by atoms with Crippen molar-refractivity contribution in [2.45, 2.75) is 26.3 Å². The maximum absolute atomic E-state index is 11.9. The zero-order valence-corrected chi connectivity index (χ0v) is 22.0. The molecular weight excluding hydrogens is 476 g/mol. The summed E-state index contributed by atoms with van der Waals surface area (Å²) in [5.41, 5.74) is 5.17. The van der Waals surface area contributed by atoms with E-state index >= 15 is 0 Å². The lowest BCUT2D eigenvalue weighted by atomic mass is 10.0. The highest BCUT2D eigenvalue weighted by atomic mass is 16.6. The molecule has 0 aliphatic carbocycles. The second-order valence-corrected chi connectivity index (χ2v) is 7.88. The Morgan fingerprint density at radius 1 is 0.667 bits per heavy atom. The molecule has 0 saturated carbocycles. The van der Waals surface area contributed by atoms with Gasteiger partial charge in [-0.1, -0.05) is 13.8 Å². The monoisotopic (exact) mass is 522 g/mol. The Morgan fingerprint density at radius 3 is 1.47 bits per heavy atom. The molecule has 1 atom stereocenters. The summed E-state index contributed by atoms with van der Waals surface area (Å²) in [6, 6.07) is -0.551. The summed E-state index contributed by atoms with van der Waals surface area (Å²) in [7, 11) is 1.54. The molecule has 0 heterocycles. The van der Waals surface area contributed by atoms with Crippen LogP contribution in [0.5, 0.6) is 0 Å². The van der Waals surface area contributed by atoms with Gasteiger partial charge in [0.25, 0.3) is 0 Å². The van der Waals surface area contributed by atoms with E-state index in [0.29, 0.717) is 79.2 Å². The Hall–Kier alpha value is -1.87. The predicted molar refractivity (Wildman–Crippen MR) is 132 cm³/mol. The first-order chi connectivity index (χ1) is 17.4. The van der Waals surface area contributed by atoms with E-state index in [-0.39, 0.29) is 43.2 Å². The van der Waals surface area contributed by atoms with Crippen LogP contribution in [-0.2, 0) is 42.8 Å².